The summed E-state index contributed by atoms with van der Waals surface area (Å²) in [6.07, 6.45) is 0. The molecule has 30 heavy (non-hydrogen) atoms. The van der Waals surface area contributed by atoms with Crippen molar-refractivity contribution in [1.82, 2.24) is 0 Å². The maximum atomic E-state index is 11.2. The third kappa shape index (κ3) is 3.98. The van der Waals surface area contributed by atoms with E-state index in [9.17, 15) is 9.59 Å². The zero-order valence-corrected chi connectivity index (χ0v) is 15.9. The van der Waals surface area contributed by atoms with Crippen LogP contribution in [-0.4, -0.2) is 22.2 Å². The third-order valence-corrected chi connectivity index (χ3v) is 4.97. The Bertz CT molecular complexity index is 1130. The Morgan fingerprint density at radius 1 is 0.433 bits per heavy atom. The Morgan fingerprint density at radius 2 is 0.767 bits per heavy atom. The lowest BCUT2D eigenvalue weighted by Crippen LogP contribution is -1.95. The van der Waals surface area contributed by atoms with Gasteiger partial charge in [0.25, 0.3) is 0 Å². The van der Waals surface area contributed by atoms with Gasteiger partial charge >= 0.3 is 11.9 Å². The molecule has 0 aliphatic heterocycles. The summed E-state index contributed by atoms with van der Waals surface area (Å²) in [7, 11) is 0. The second-order valence-corrected chi connectivity index (χ2v) is 6.93. The molecular weight excluding hydrogens is 376 g/mol. The molecule has 0 spiro atoms. The predicted molar refractivity (Wildman–Crippen MR) is 117 cm³/mol. The summed E-state index contributed by atoms with van der Waals surface area (Å²) >= 11 is 0. The fraction of sp³-hybridized carbons (Fsp3) is 0. The summed E-state index contributed by atoms with van der Waals surface area (Å²) in [6.45, 7) is 0. The number of benzene rings is 4. The van der Waals surface area contributed by atoms with E-state index in [0.29, 0.717) is 0 Å². The molecule has 0 bridgehead atoms. The lowest BCUT2D eigenvalue weighted by atomic mass is 9.93. The molecule has 0 heterocycles. The number of hydrogen-bond donors (Lipinski definition) is 2. The summed E-state index contributed by atoms with van der Waals surface area (Å²) in [6, 6.07) is 29.7. The minimum absolute atomic E-state index is 0.238. The number of hydrogen-bond acceptors (Lipinski definition) is 2. The van der Waals surface area contributed by atoms with Crippen molar-refractivity contribution >= 4 is 11.9 Å². The van der Waals surface area contributed by atoms with Crippen LogP contribution in [0.5, 0.6) is 0 Å². The first kappa shape index (κ1) is 19.2. The number of carboxylic acids is 2. The van der Waals surface area contributed by atoms with E-state index in [4.69, 9.17) is 10.2 Å². The van der Waals surface area contributed by atoms with Crippen molar-refractivity contribution in [1.29, 1.82) is 0 Å². The molecule has 2 N–H and O–H groups in total. The van der Waals surface area contributed by atoms with Gasteiger partial charge in [0.05, 0.1) is 11.1 Å². The van der Waals surface area contributed by atoms with E-state index >= 15 is 0 Å². The van der Waals surface area contributed by atoms with Crippen LogP contribution >= 0.6 is 0 Å². The third-order valence-electron chi connectivity index (χ3n) is 4.97. The minimum Gasteiger partial charge on any atom is -0.478 e. The van der Waals surface area contributed by atoms with E-state index in [1.54, 1.807) is 48.5 Å². The highest BCUT2D eigenvalue weighted by atomic mass is 16.4. The molecule has 0 fully saturated rings. The predicted octanol–water partition coefficient (Wildman–Crippen LogP) is 6.08. The van der Waals surface area contributed by atoms with Crippen LogP contribution in [0.4, 0.5) is 0 Å². The lowest BCUT2D eigenvalue weighted by molar-refractivity contribution is 0.0686. The first-order valence-corrected chi connectivity index (χ1v) is 9.39. The van der Waals surface area contributed by atoms with Gasteiger partial charge < -0.3 is 10.2 Å². The molecule has 4 heteroatoms. The average molecular weight is 394 g/mol. The summed E-state index contributed by atoms with van der Waals surface area (Å²) in [5.74, 6) is -1.92. The van der Waals surface area contributed by atoms with Crippen LogP contribution < -0.4 is 0 Å². The SMILES string of the molecule is O=C(O)c1ccc(-c2cc(-c3ccccc3)cc(-c3ccc(C(=O)O)cc3)c2)cc1. The van der Waals surface area contributed by atoms with Crippen LogP contribution in [0.2, 0.25) is 0 Å². The smallest absolute Gasteiger partial charge is 0.335 e. The van der Waals surface area contributed by atoms with Crippen molar-refractivity contribution in [2.24, 2.45) is 0 Å². The quantitative estimate of drug-likeness (QED) is 0.430. The van der Waals surface area contributed by atoms with E-state index in [1.165, 1.54) is 0 Å². The second-order valence-electron chi connectivity index (χ2n) is 6.93. The Kier molecular flexibility index (Phi) is 5.14. The van der Waals surface area contributed by atoms with Crippen LogP contribution in [0.15, 0.2) is 97.1 Å². The molecule has 0 aromatic heterocycles. The molecule has 0 unspecified atom stereocenters. The monoisotopic (exact) mass is 394 g/mol. The second kappa shape index (κ2) is 8.05. The number of rotatable bonds is 5. The Labute approximate surface area is 173 Å². The van der Waals surface area contributed by atoms with Gasteiger partial charge in [0.1, 0.15) is 0 Å². The molecule has 0 atom stereocenters. The number of aromatic carboxylic acids is 2. The van der Waals surface area contributed by atoms with Gasteiger partial charge in [-0.2, -0.15) is 0 Å². The highest BCUT2D eigenvalue weighted by Gasteiger charge is 2.10. The van der Waals surface area contributed by atoms with Gasteiger partial charge in [-0.1, -0.05) is 54.6 Å². The maximum absolute atomic E-state index is 11.2. The van der Waals surface area contributed by atoms with E-state index < -0.39 is 11.9 Å². The lowest BCUT2D eigenvalue weighted by Gasteiger charge is -2.12. The van der Waals surface area contributed by atoms with Crippen molar-refractivity contribution < 1.29 is 19.8 Å². The molecule has 4 nitrogen and oxygen atoms in total. The van der Waals surface area contributed by atoms with Crippen molar-refractivity contribution in [3.05, 3.63) is 108 Å². The van der Waals surface area contributed by atoms with Crippen LogP contribution in [0.25, 0.3) is 33.4 Å². The van der Waals surface area contributed by atoms with E-state index in [0.717, 1.165) is 33.4 Å². The van der Waals surface area contributed by atoms with Crippen molar-refractivity contribution in [2.45, 2.75) is 0 Å². The van der Waals surface area contributed by atoms with Crippen LogP contribution in [0.1, 0.15) is 20.7 Å². The Hall–Kier alpha value is -4.18. The molecule has 4 rings (SSSR count). The van der Waals surface area contributed by atoms with Crippen LogP contribution in [-0.2, 0) is 0 Å². The summed E-state index contributed by atoms with van der Waals surface area (Å²) in [5, 5.41) is 18.3. The molecule has 4 aromatic carbocycles. The molecular formula is C26H18O4. The summed E-state index contributed by atoms with van der Waals surface area (Å²) in [5.41, 5.74) is 6.26. The number of carboxylic acid groups (broad SMARTS) is 2. The zero-order valence-electron chi connectivity index (χ0n) is 15.9. The molecule has 0 aliphatic carbocycles. The Morgan fingerprint density at radius 3 is 1.10 bits per heavy atom. The molecule has 0 saturated carbocycles. The van der Waals surface area contributed by atoms with Crippen molar-refractivity contribution in [3.8, 4) is 33.4 Å². The fourth-order valence-electron chi connectivity index (χ4n) is 3.37. The summed E-state index contributed by atoms with van der Waals surface area (Å²) < 4.78 is 0. The molecule has 0 radical (unpaired) electrons. The molecule has 0 amide bonds. The Balaban J connectivity index is 1.84. The largest absolute Gasteiger partial charge is 0.478 e. The normalized spacial score (nSPS) is 10.5. The van der Waals surface area contributed by atoms with Gasteiger partial charge in [-0.25, -0.2) is 9.59 Å². The van der Waals surface area contributed by atoms with E-state index in [-0.39, 0.29) is 11.1 Å². The minimum atomic E-state index is -0.959. The first-order valence-electron chi connectivity index (χ1n) is 9.39. The van der Waals surface area contributed by atoms with Crippen molar-refractivity contribution in [3.63, 3.8) is 0 Å². The zero-order chi connectivity index (χ0) is 21.1. The van der Waals surface area contributed by atoms with Gasteiger partial charge in [-0.3, -0.25) is 0 Å². The first-order chi connectivity index (χ1) is 14.5. The van der Waals surface area contributed by atoms with Gasteiger partial charge in [-0.05, 0) is 75.8 Å². The average Bonchev–Trinajstić information content (AvgIpc) is 2.79. The topological polar surface area (TPSA) is 74.6 Å². The molecule has 0 aliphatic rings. The number of carbonyl (C=O) groups is 2. The molecule has 0 saturated heterocycles. The highest BCUT2D eigenvalue weighted by Crippen LogP contribution is 2.33. The van der Waals surface area contributed by atoms with E-state index in [2.05, 4.69) is 12.1 Å². The molecule has 146 valence electrons. The van der Waals surface area contributed by atoms with Gasteiger partial charge in [-0.15, -0.1) is 0 Å². The van der Waals surface area contributed by atoms with Gasteiger partial charge in [0, 0.05) is 0 Å². The van der Waals surface area contributed by atoms with Crippen LogP contribution in [0.3, 0.4) is 0 Å². The van der Waals surface area contributed by atoms with Gasteiger partial charge in [0.15, 0.2) is 0 Å². The standard InChI is InChI=1S/C26H18O4/c27-25(28)20-10-6-18(7-11-20)23-14-22(17-4-2-1-3-5-17)15-24(16-23)19-8-12-21(13-9-19)26(29)30/h1-16H,(H,27,28)(H,29,30). The van der Waals surface area contributed by atoms with Crippen LogP contribution in [0, 0.1) is 0 Å². The van der Waals surface area contributed by atoms with Crippen molar-refractivity contribution in [2.75, 3.05) is 0 Å². The molecule has 4 aromatic rings. The fourth-order valence-corrected chi connectivity index (χ4v) is 3.37. The highest BCUT2D eigenvalue weighted by molar-refractivity contribution is 5.90. The maximum Gasteiger partial charge on any atom is 0.335 e. The van der Waals surface area contributed by atoms with E-state index in [1.807, 2.05) is 36.4 Å². The van der Waals surface area contributed by atoms with Gasteiger partial charge in [0.2, 0.25) is 0 Å². The summed E-state index contributed by atoms with van der Waals surface area (Å²) in [4.78, 5) is 22.3.